The van der Waals surface area contributed by atoms with Gasteiger partial charge < -0.3 is 20.1 Å². The molecule has 0 unspecified atom stereocenters. The quantitative estimate of drug-likeness (QED) is 0.438. The Morgan fingerprint density at radius 1 is 1.27 bits per heavy atom. The standard InChI is InChI=1S/C18H24F3N3O2/c1-2-22-17(23-10-7-14-8-11-25-12-9-14)24-13-15-5-3-4-6-16(15)26-18(19,20)21/h3-6,8H,2,7,9-13H2,1H3,(H2,22,23,24). The summed E-state index contributed by atoms with van der Waals surface area (Å²) in [5.41, 5.74) is 1.71. The number of guanidine groups is 1. The van der Waals surface area contributed by atoms with Gasteiger partial charge in [-0.1, -0.05) is 29.8 Å². The highest BCUT2D eigenvalue weighted by molar-refractivity contribution is 5.79. The van der Waals surface area contributed by atoms with E-state index in [2.05, 4.69) is 26.4 Å². The molecule has 0 aromatic heterocycles. The van der Waals surface area contributed by atoms with E-state index >= 15 is 0 Å². The van der Waals surface area contributed by atoms with E-state index in [0.29, 0.717) is 31.2 Å². The summed E-state index contributed by atoms with van der Waals surface area (Å²) in [6.07, 6.45) is -0.834. The molecule has 144 valence electrons. The molecule has 8 heteroatoms. The molecule has 0 radical (unpaired) electrons. The van der Waals surface area contributed by atoms with Crippen LogP contribution in [0.1, 0.15) is 25.3 Å². The van der Waals surface area contributed by atoms with Gasteiger partial charge in [-0.2, -0.15) is 0 Å². The molecule has 0 saturated heterocycles. The normalized spacial score (nSPS) is 15.4. The molecule has 26 heavy (non-hydrogen) atoms. The van der Waals surface area contributed by atoms with E-state index in [1.54, 1.807) is 12.1 Å². The second-order valence-electron chi connectivity index (χ2n) is 5.71. The summed E-state index contributed by atoms with van der Waals surface area (Å²) in [7, 11) is 0. The van der Waals surface area contributed by atoms with E-state index in [9.17, 15) is 13.2 Å². The maximum absolute atomic E-state index is 12.5. The molecule has 2 rings (SSSR count). The zero-order valence-electron chi connectivity index (χ0n) is 14.7. The van der Waals surface area contributed by atoms with Gasteiger partial charge in [0.1, 0.15) is 5.75 Å². The van der Waals surface area contributed by atoms with Crippen LogP contribution in [0.2, 0.25) is 0 Å². The molecule has 0 atom stereocenters. The predicted molar refractivity (Wildman–Crippen MR) is 94.1 cm³/mol. The van der Waals surface area contributed by atoms with Gasteiger partial charge in [-0.25, -0.2) is 4.99 Å². The topological polar surface area (TPSA) is 54.9 Å². The molecule has 0 fully saturated rings. The van der Waals surface area contributed by atoms with Gasteiger partial charge in [-0.15, -0.1) is 13.2 Å². The summed E-state index contributed by atoms with van der Waals surface area (Å²) in [4.78, 5) is 4.36. The molecular weight excluding hydrogens is 347 g/mol. The van der Waals surface area contributed by atoms with E-state index < -0.39 is 6.36 Å². The van der Waals surface area contributed by atoms with E-state index in [1.807, 2.05) is 6.92 Å². The van der Waals surface area contributed by atoms with Crippen LogP contribution >= 0.6 is 0 Å². The van der Waals surface area contributed by atoms with Gasteiger partial charge in [0.05, 0.1) is 19.8 Å². The van der Waals surface area contributed by atoms with E-state index in [0.717, 1.165) is 19.4 Å². The molecule has 5 nitrogen and oxygen atoms in total. The van der Waals surface area contributed by atoms with Gasteiger partial charge in [0, 0.05) is 18.7 Å². The minimum atomic E-state index is -4.72. The zero-order valence-corrected chi connectivity index (χ0v) is 14.7. The second-order valence-corrected chi connectivity index (χ2v) is 5.71. The molecule has 0 saturated carbocycles. The molecule has 1 heterocycles. The first kappa shape index (κ1) is 20.1. The van der Waals surface area contributed by atoms with Gasteiger partial charge in [-0.3, -0.25) is 0 Å². The molecule has 1 aliphatic heterocycles. The van der Waals surface area contributed by atoms with Crippen molar-refractivity contribution in [1.29, 1.82) is 0 Å². The summed E-state index contributed by atoms with van der Waals surface area (Å²) in [5.74, 6) is 0.328. The Balaban J connectivity index is 1.94. The van der Waals surface area contributed by atoms with Crippen molar-refractivity contribution in [2.75, 3.05) is 26.3 Å². The number of ether oxygens (including phenoxy) is 2. The van der Waals surface area contributed by atoms with Gasteiger partial charge in [0.15, 0.2) is 5.96 Å². The van der Waals surface area contributed by atoms with E-state index in [4.69, 9.17) is 4.74 Å². The Hall–Kier alpha value is -2.22. The SMILES string of the molecule is CCNC(=NCc1ccccc1OC(F)(F)F)NCCC1=CCOCC1. The van der Waals surface area contributed by atoms with Crippen molar-refractivity contribution in [3.63, 3.8) is 0 Å². The lowest BCUT2D eigenvalue weighted by atomic mass is 10.1. The number of nitrogens with zero attached hydrogens (tertiary/aromatic N) is 1. The highest BCUT2D eigenvalue weighted by Gasteiger charge is 2.31. The zero-order chi connectivity index (χ0) is 18.8. The summed E-state index contributed by atoms with van der Waals surface area (Å²) in [5, 5.41) is 6.29. The third-order valence-electron chi connectivity index (χ3n) is 3.75. The molecular formula is C18H24F3N3O2. The number of rotatable bonds is 7. The lowest BCUT2D eigenvalue weighted by molar-refractivity contribution is -0.274. The number of para-hydroxylation sites is 1. The lowest BCUT2D eigenvalue weighted by Crippen LogP contribution is -2.38. The second kappa shape index (κ2) is 10.1. The minimum absolute atomic E-state index is 0.0815. The molecule has 1 aliphatic rings. The minimum Gasteiger partial charge on any atom is -0.405 e. The highest BCUT2D eigenvalue weighted by atomic mass is 19.4. The van der Waals surface area contributed by atoms with Crippen molar-refractivity contribution in [2.45, 2.75) is 32.7 Å². The Labute approximate surface area is 151 Å². The maximum atomic E-state index is 12.5. The van der Waals surface area contributed by atoms with Crippen LogP contribution < -0.4 is 15.4 Å². The number of nitrogens with one attached hydrogen (secondary N) is 2. The van der Waals surface area contributed by atoms with E-state index in [-0.39, 0.29) is 12.3 Å². The summed E-state index contributed by atoms with van der Waals surface area (Å²) in [6.45, 7) is 4.76. The van der Waals surface area contributed by atoms with Gasteiger partial charge in [-0.05, 0) is 25.8 Å². The number of halogens is 3. The van der Waals surface area contributed by atoms with Crippen molar-refractivity contribution in [1.82, 2.24) is 10.6 Å². The largest absolute Gasteiger partial charge is 0.573 e. The predicted octanol–water partition coefficient (Wildman–Crippen LogP) is 3.38. The van der Waals surface area contributed by atoms with Crippen molar-refractivity contribution in [3.8, 4) is 5.75 Å². The van der Waals surface area contributed by atoms with Crippen molar-refractivity contribution >= 4 is 5.96 Å². The van der Waals surface area contributed by atoms with Crippen LogP contribution in [0.25, 0.3) is 0 Å². The van der Waals surface area contributed by atoms with Crippen LogP contribution in [-0.2, 0) is 11.3 Å². The lowest BCUT2D eigenvalue weighted by Gasteiger charge is -2.16. The summed E-state index contributed by atoms with van der Waals surface area (Å²) < 4.78 is 46.8. The van der Waals surface area contributed by atoms with Crippen LogP contribution in [-0.4, -0.2) is 38.6 Å². The first-order chi connectivity index (χ1) is 12.5. The number of aliphatic imine (C=N–C) groups is 1. The fraction of sp³-hybridized carbons (Fsp3) is 0.500. The summed E-state index contributed by atoms with van der Waals surface area (Å²) >= 11 is 0. The van der Waals surface area contributed by atoms with Gasteiger partial charge >= 0.3 is 6.36 Å². The molecule has 0 aliphatic carbocycles. The van der Waals surface area contributed by atoms with Crippen molar-refractivity contribution in [3.05, 3.63) is 41.5 Å². The number of hydrogen-bond acceptors (Lipinski definition) is 3. The maximum Gasteiger partial charge on any atom is 0.573 e. The molecule has 2 N–H and O–H groups in total. The average Bonchev–Trinajstić information content (AvgIpc) is 2.60. The summed E-state index contributed by atoms with van der Waals surface area (Å²) in [6, 6.07) is 6.02. The Morgan fingerprint density at radius 3 is 2.77 bits per heavy atom. The molecule has 1 aromatic carbocycles. The Morgan fingerprint density at radius 2 is 2.08 bits per heavy atom. The third-order valence-corrected chi connectivity index (χ3v) is 3.75. The first-order valence-corrected chi connectivity index (χ1v) is 8.59. The van der Waals surface area contributed by atoms with E-state index in [1.165, 1.54) is 17.7 Å². The first-order valence-electron chi connectivity index (χ1n) is 8.59. The molecule has 0 spiro atoms. The fourth-order valence-electron chi connectivity index (χ4n) is 2.50. The van der Waals surface area contributed by atoms with Crippen molar-refractivity contribution < 1.29 is 22.6 Å². The fourth-order valence-corrected chi connectivity index (χ4v) is 2.50. The van der Waals surface area contributed by atoms with Gasteiger partial charge in [0.2, 0.25) is 0 Å². The Bertz CT molecular complexity index is 630. The molecule has 0 bridgehead atoms. The van der Waals surface area contributed by atoms with Crippen LogP contribution in [0.15, 0.2) is 40.9 Å². The van der Waals surface area contributed by atoms with Crippen LogP contribution in [0.3, 0.4) is 0 Å². The van der Waals surface area contributed by atoms with Crippen LogP contribution in [0.5, 0.6) is 5.75 Å². The van der Waals surface area contributed by atoms with Crippen LogP contribution in [0.4, 0.5) is 13.2 Å². The Kier molecular flexibility index (Phi) is 7.77. The average molecular weight is 371 g/mol. The number of hydrogen-bond donors (Lipinski definition) is 2. The van der Waals surface area contributed by atoms with Gasteiger partial charge in [0.25, 0.3) is 0 Å². The third kappa shape index (κ3) is 7.35. The molecule has 1 aromatic rings. The van der Waals surface area contributed by atoms with Crippen LogP contribution in [0, 0.1) is 0 Å². The number of benzene rings is 1. The smallest absolute Gasteiger partial charge is 0.405 e. The number of alkyl halides is 3. The van der Waals surface area contributed by atoms with Crippen molar-refractivity contribution in [2.24, 2.45) is 4.99 Å². The highest BCUT2D eigenvalue weighted by Crippen LogP contribution is 2.26. The monoisotopic (exact) mass is 371 g/mol. The molecule has 0 amide bonds.